The fraction of sp³-hybridized carbons (Fsp3) is 0.600. The van der Waals surface area contributed by atoms with Gasteiger partial charge in [-0.25, -0.2) is 4.39 Å². The van der Waals surface area contributed by atoms with Gasteiger partial charge in [0, 0.05) is 18.7 Å². The monoisotopic (exact) mass is 251 g/mol. The Bertz CT molecular complexity index is 377. The first-order chi connectivity index (χ1) is 8.70. The van der Waals surface area contributed by atoms with Gasteiger partial charge in [0.05, 0.1) is 6.61 Å². The van der Waals surface area contributed by atoms with E-state index >= 15 is 0 Å². The predicted octanol–water partition coefficient (Wildman–Crippen LogP) is 3.29. The summed E-state index contributed by atoms with van der Waals surface area (Å²) in [4.78, 5) is 0. The molecule has 2 rings (SSSR count). The van der Waals surface area contributed by atoms with Crippen molar-refractivity contribution >= 4 is 0 Å². The van der Waals surface area contributed by atoms with Gasteiger partial charge in [-0.1, -0.05) is 19.1 Å². The molecular weight excluding hydrogens is 229 g/mol. The third-order valence-electron chi connectivity index (χ3n) is 3.80. The molecule has 18 heavy (non-hydrogen) atoms. The van der Waals surface area contributed by atoms with Crippen molar-refractivity contribution in [1.29, 1.82) is 0 Å². The quantitative estimate of drug-likeness (QED) is 0.867. The van der Waals surface area contributed by atoms with E-state index in [1.54, 1.807) is 12.1 Å². The van der Waals surface area contributed by atoms with Gasteiger partial charge in [0.15, 0.2) is 0 Å². The molecule has 0 bridgehead atoms. The molecule has 1 aliphatic heterocycles. The first-order valence-corrected chi connectivity index (χ1v) is 6.80. The van der Waals surface area contributed by atoms with Crippen LogP contribution in [0.5, 0.6) is 0 Å². The van der Waals surface area contributed by atoms with Gasteiger partial charge in [-0.05, 0) is 43.4 Å². The van der Waals surface area contributed by atoms with Crippen molar-refractivity contribution in [1.82, 2.24) is 5.32 Å². The van der Waals surface area contributed by atoms with Crippen LogP contribution in [0.1, 0.15) is 38.3 Å². The van der Waals surface area contributed by atoms with E-state index in [2.05, 4.69) is 19.2 Å². The molecule has 1 heterocycles. The lowest BCUT2D eigenvalue weighted by atomic mass is 9.97. The van der Waals surface area contributed by atoms with E-state index in [0.717, 1.165) is 31.6 Å². The van der Waals surface area contributed by atoms with Crippen LogP contribution in [0.4, 0.5) is 4.39 Å². The molecule has 3 heteroatoms. The second kappa shape index (κ2) is 6.30. The molecule has 1 aromatic rings. The van der Waals surface area contributed by atoms with Crippen LogP contribution in [-0.2, 0) is 4.74 Å². The van der Waals surface area contributed by atoms with Crippen LogP contribution in [0.2, 0.25) is 0 Å². The topological polar surface area (TPSA) is 21.3 Å². The minimum atomic E-state index is -0.162. The Balaban J connectivity index is 2.00. The summed E-state index contributed by atoms with van der Waals surface area (Å²) in [6, 6.07) is 7.50. The number of nitrogens with one attached hydrogen (secondary N) is 1. The fourth-order valence-electron chi connectivity index (χ4n) is 2.57. The molecule has 100 valence electrons. The first kappa shape index (κ1) is 13.5. The Hall–Kier alpha value is -0.930. The summed E-state index contributed by atoms with van der Waals surface area (Å²) >= 11 is 0. The van der Waals surface area contributed by atoms with Crippen LogP contribution in [0.3, 0.4) is 0 Å². The number of hydrogen-bond donors (Lipinski definition) is 1. The summed E-state index contributed by atoms with van der Waals surface area (Å²) in [6.45, 7) is 6.03. The maximum Gasteiger partial charge on any atom is 0.123 e. The van der Waals surface area contributed by atoms with Gasteiger partial charge < -0.3 is 10.1 Å². The highest BCUT2D eigenvalue weighted by Crippen LogP contribution is 2.22. The highest BCUT2D eigenvalue weighted by Gasteiger charge is 2.24. The van der Waals surface area contributed by atoms with Crippen LogP contribution in [0, 0.1) is 11.7 Å². The van der Waals surface area contributed by atoms with E-state index in [0.29, 0.717) is 12.0 Å². The summed E-state index contributed by atoms with van der Waals surface area (Å²) in [5.74, 6) is 0.414. The minimum absolute atomic E-state index is 0.162. The highest BCUT2D eigenvalue weighted by atomic mass is 19.1. The summed E-state index contributed by atoms with van der Waals surface area (Å²) in [7, 11) is 0. The van der Waals surface area contributed by atoms with Gasteiger partial charge in [0.1, 0.15) is 5.82 Å². The fourth-order valence-corrected chi connectivity index (χ4v) is 2.57. The molecule has 1 aliphatic rings. The van der Waals surface area contributed by atoms with Gasteiger partial charge >= 0.3 is 0 Å². The molecule has 0 radical (unpaired) electrons. The van der Waals surface area contributed by atoms with Gasteiger partial charge in [0.25, 0.3) is 0 Å². The zero-order valence-corrected chi connectivity index (χ0v) is 11.2. The molecule has 0 aromatic heterocycles. The molecular formula is C15H22FNO. The molecule has 1 N–H and O–H groups in total. The van der Waals surface area contributed by atoms with Crippen molar-refractivity contribution in [2.45, 2.75) is 38.8 Å². The maximum atomic E-state index is 13.3. The van der Waals surface area contributed by atoms with E-state index in [1.807, 2.05) is 6.07 Å². The molecule has 1 fully saturated rings. The largest absolute Gasteiger partial charge is 0.381 e. The van der Waals surface area contributed by atoms with Gasteiger partial charge in [0.2, 0.25) is 0 Å². The zero-order chi connectivity index (χ0) is 13.0. The lowest BCUT2D eigenvalue weighted by Gasteiger charge is -2.26. The lowest BCUT2D eigenvalue weighted by Crippen LogP contribution is -2.36. The Kier molecular flexibility index (Phi) is 4.72. The molecule has 3 unspecified atom stereocenters. The van der Waals surface area contributed by atoms with Crippen LogP contribution < -0.4 is 5.32 Å². The lowest BCUT2D eigenvalue weighted by molar-refractivity contribution is 0.176. The van der Waals surface area contributed by atoms with Gasteiger partial charge in [-0.3, -0.25) is 0 Å². The Morgan fingerprint density at radius 1 is 1.50 bits per heavy atom. The second-order valence-corrected chi connectivity index (χ2v) is 5.09. The van der Waals surface area contributed by atoms with E-state index in [9.17, 15) is 4.39 Å². The van der Waals surface area contributed by atoms with Crippen molar-refractivity contribution in [2.24, 2.45) is 5.92 Å². The summed E-state index contributed by atoms with van der Waals surface area (Å²) < 4.78 is 18.7. The smallest absolute Gasteiger partial charge is 0.123 e. The van der Waals surface area contributed by atoms with Crippen molar-refractivity contribution in [3.63, 3.8) is 0 Å². The van der Waals surface area contributed by atoms with Crippen molar-refractivity contribution in [3.05, 3.63) is 35.6 Å². The number of rotatable bonds is 5. The van der Waals surface area contributed by atoms with Crippen molar-refractivity contribution < 1.29 is 9.13 Å². The SMILES string of the molecule is CCC(NC(C)C1CCOC1)c1cccc(F)c1. The van der Waals surface area contributed by atoms with Crippen molar-refractivity contribution in [3.8, 4) is 0 Å². The van der Waals surface area contributed by atoms with E-state index in [4.69, 9.17) is 4.74 Å². The van der Waals surface area contributed by atoms with Crippen LogP contribution >= 0.6 is 0 Å². The Labute approximate surface area is 109 Å². The Morgan fingerprint density at radius 2 is 2.33 bits per heavy atom. The summed E-state index contributed by atoms with van der Waals surface area (Å²) in [5, 5.41) is 3.61. The standard InChI is InChI=1S/C15H22FNO/c1-3-15(12-5-4-6-14(16)9-12)17-11(2)13-7-8-18-10-13/h4-6,9,11,13,15,17H,3,7-8,10H2,1-2H3. The van der Waals surface area contributed by atoms with Crippen LogP contribution in [-0.4, -0.2) is 19.3 Å². The van der Waals surface area contributed by atoms with Crippen LogP contribution in [0.15, 0.2) is 24.3 Å². The molecule has 0 amide bonds. The highest BCUT2D eigenvalue weighted by molar-refractivity contribution is 5.20. The number of benzene rings is 1. The summed E-state index contributed by atoms with van der Waals surface area (Å²) in [6.07, 6.45) is 2.08. The third-order valence-corrected chi connectivity index (χ3v) is 3.80. The normalized spacial score (nSPS) is 22.9. The Morgan fingerprint density at radius 3 is 2.94 bits per heavy atom. The van der Waals surface area contributed by atoms with Gasteiger partial charge in [-0.15, -0.1) is 0 Å². The maximum absolute atomic E-state index is 13.3. The molecule has 1 saturated heterocycles. The second-order valence-electron chi connectivity index (χ2n) is 5.09. The van der Waals surface area contributed by atoms with E-state index < -0.39 is 0 Å². The van der Waals surface area contributed by atoms with E-state index in [1.165, 1.54) is 6.07 Å². The zero-order valence-electron chi connectivity index (χ0n) is 11.2. The van der Waals surface area contributed by atoms with Gasteiger partial charge in [-0.2, -0.15) is 0 Å². The average Bonchev–Trinajstić information content (AvgIpc) is 2.89. The number of ether oxygens (including phenoxy) is 1. The molecule has 0 saturated carbocycles. The summed E-state index contributed by atoms with van der Waals surface area (Å²) in [5.41, 5.74) is 1.03. The molecule has 1 aromatic carbocycles. The number of halogens is 1. The third kappa shape index (κ3) is 3.30. The minimum Gasteiger partial charge on any atom is -0.381 e. The van der Waals surface area contributed by atoms with E-state index in [-0.39, 0.29) is 11.9 Å². The molecule has 0 aliphatic carbocycles. The molecule has 0 spiro atoms. The number of hydrogen-bond acceptors (Lipinski definition) is 2. The molecule has 3 atom stereocenters. The first-order valence-electron chi connectivity index (χ1n) is 6.80. The molecule has 2 nitrogen and oxygen atoms in total. The predicted molar refractivity (Wildman–Crippen MR) is 71.0 cm³/mol. The van der Waals surface area contributed by atoms with Crippen LogP contribution in [0.25, 0.3) is 0 Å². The average molecular weight is 251 g/mol. The van der Waals surface area contributed by atoms with Crippen molar-refractivity contribution in [2.75, 3.05) is 13.2 Å².